The molecule has 0 aliphatic rings. The van der Waals surface area contributed by atoms with Gasteiger partial charge in [-0.05, 0) is 13.8 Å². The molecule has 0 heterocycles. The smallest absolute Gasteiger partial charge is 0.342 e. The maximum absolute atomic E-state index is 11.0. The Morgan fingerprint density at radius 2 is 1.23 bits per heavy atom. The number of rotatable bonds is 4. The van der Waals surface area contributed by atoms with Crippen molar-refractivity contribution in [2.45, 2.75) is 26.1 Å². The molecule has 0 spiro atoms. The second kappa shape index (κ2) is 5.66. The van der Waals surface area contributed by atoms with Crippen molar-refractivity contribution in [2.24, 2.45) is 0 Å². The lowest BCUT2D eigenvalue weighted by Crippen LogP contribution is -2.30. The van der Waals surface area contributed by atoms with Crippen LogP contribution < -0.4 is 0 Å². The number of carbonyl (C=O) groups excluding carboxylic acids is 2. The Morgan fingerprint density at radius 3 is 1.46 bits per heavy atom. The van der Waals surface area contributed by atoms with Gasteiger partial charge in [0.2, 0.25) is 0 Å². The van der Waals surface area contributed by atoms with Gasteiger partial charge in [0.25, 0.3) is 0 Å². The first-order valence-electron chi connectivity index (χ1n) is 3.84. The maximum Gasteiger partial charge on any atom is 0.342 e. The molecule has 76 valence electrons. The van der Waals surface area contributed by atoms with Crippen molar-refractivity contribution in [3.05, 3.63) is 0 Å². The van der Waals surface area contributed by atoms with E-state index in [2.05, 4.69) is 14.2 Å². The summed E-state index contributed by atoms with van der Waals surface area (Å²) in [6.45, 7) is 2.99. The number of hydrogen-bond donors (Lipinski definition) is 0. The number of methoxy groups -OCH3 is 2. The van der Waals surface area contributed by atoms with Crippen molar-refractivity contribution in [3.63, 3.8) is 0 Å². The standard InChI is InChI=1S/C8H14O5/c1-5(11-3)7(9)13-8(10)6(2)12-4/h5-6H,1-4H3. The Bertz CT molecular complexity index is 169. The van der Waals surface area contributed by atoms with Crippen LogP contribution in [0.5, 0.6) is 0 Å². The maximum atomic E-state index is 11.0. The van der Waals surface area contributed by atoms with Gasteiger partial charge < -0.3 is 14.2 Å². The summed E-state index contributed by atoms with van der Waals surface area (Å²) in [5, 5.41) is 0. The molecule has 0 rings (SSSR count). The molecule has 2 unspecified atom stereocenters. The second-order valence-electron chi connectivity index (χ2n) is 2.50. The van der Waals surface area contributed by atoms with Crippen LogP contribution >= 0.6 is 0 Å². The summed E-state index contributed by atoms with van der Waals surface area (Å²) in [5.74, 6) is -1.42. The van der Waals surface area contributed by atoms with Crippen LogP contribution in [0, 0.1) is 0 Å². The minimum absolute atomic E-state index is 0.712. The van der Waals surface area contributed by atoms with E-state index in [1.165, 1.54) is 28.1 Å². The first-order valence-corrected chi connectivity index (χ1v) is 3.84. The van der Waals surface area contributed by atoms with E-state index >= 15 is 0 Å². The van der Waals surface area contributed by atoms with Crippen molar-refractivity contribution in [2.75, 3.05) is 14.2 Å². The van der Waals surface area contributed by atoms with Gasteiger partial charge in [-0.1, -0.05) is 0 Å². The molecule has 0 N–H and O–H groups in total. The quantitative estimate of drug-likeness (QED) is 0.465. The van der Waals surface area contributed by atoms with Crippen molar-refractivity contribution in [1.82, 2.24) is 0 Å². The molecule has 0 saturated heterocycles. The van der Waals surface area contributed by atoms with Crippen molar-refractivity contribution in [3.8, 4) is 0 Å². The van der Waals surface area contributed by atoms with Gasteiger partial charge in [0.15, 0.2) is 12.2 Å². The molecule has 2 atom stereocenters. The third-order valence-electron chi connectivity index (χ3n) is 1.57. The Balaban J connectivity index is 3.99. The predicted octanol–water partition coefficient (Wildman–Crippen LogP) is 0.126. The number of ether oxygens (including phenoxy) is 3. The minimum Gasteiger partial charge on any atom is -0.389 e. The molecule has 5 nitrogen and oxygen atoms in total. The summed E-state index contributed by atoms with van der Waals surface area (Å²) in [6, 6.07) is 0. The molecule has 13 heavy (non-hydrogen) atoms. The average Bonchev–Trinajstić information content (AvgIpc) is 2.14. The molecule has 0 aromatic heterocycles. The summed E-state index contributed by atoms with van der Waals surface area (Å²) in [6.07, 6.45) is -1.49. The van der Waals surface area contributed by atoms with E-state index in [-0.39, 0.29) is 0 Å². The highest BCUT2D eigenvalue weighted by atomic mass is 16.6. The molecule has 0 aliphatic carbocycles. The zero-order chi connectivity index (χ0) is 10.4. The van der Waals surface area contributed by atoms with Crippen LogP contribution in [0.25, 0.3) is 0 Å². The number of hydrogen-bond acceptors (Lipinski definition) is 5. The third-order valence-corrected chi connectivity index (χ3v) is 1.57. The van der Waals surface area contributed by atoms with Gasteiger partial charge in [0.05, 0.1) is 0 Å². The van der Waals surface area contributed by atoms with Crippen LogP contribution in [0.3, 0.4) is 0 Å². The molecule has 0 aromatic carbocycles. The Kier molecular flexibility index (Phi) is 5.25. The van der Waals surface area contributed by atoms with Crippen LogP contribution in [-0.4, -0.2) is 38.4 Å². The van der Waals surface area contributed by atoms with Gasteiger partial charge >= 0.3 is 11.9 Å². The molecule has 0 aromatic rings. The lowest BCUT2D eigenvalue weighted by molar-refractivity contribution is -0.172. The highest BCUT2D eigenvalue weighted by Gasteiger charge is 2.21. The minimum atomic E-state index is -0.743. The van der Waals surface area contributed by atoms with Crippen molar-refractivity contribution < 1.29 is 23.8 Å². The highest BCUT2D eigenvalue weighted by Crippen LogP contribution is 1.97. The molecular formula is C8H14O5. The molecule has 0 amide bonds. The lowest BCUT2D eigenvalue weighted by Gasteiger charge is -2.10. The normalized spacial score (nSPS) is 14.8. The SMILES string of the molecule is COC(C)C(=O)OC(=O)C(C)OC. The molecule has 0 bridgehead atoms. The summed E-state index contributed by atoms with van der Waals surface area (Å²) >= 11 is 0. The zero-order valence-corrected chi connectivity index (χ0v) is 8.20. The summed E-state index contributed by atoms with van der Waals surface area (Å²) in [7, 11) is 2.71. The summed E-state index contributed by atoms with van der Waals surface area (Å²) < 4.78 is 13.7. The predicted molar refractivity (Wildman–Crippen MR) is 44.0 cm³/mol. The van der Waals surface area contributed by atoms with Gasteiger partial charge in [0.1, 0.15) is 0 Å². The van der Waals surface area contributed by atoms with Gasteiger partial charge in [0, 0.05) is 14.2 Å². The second-order valence-corrected chi connectivity index (χ2v) is 2.50. The van der Waals surface area contributed by atoms with Crippen LogP contribution in [0.15, 0.2) is 0 Å². The first kappa shape index (κ1) is 12.1. The van der Waals surface area contributed by atoms with Crippen molar-refractivity contribution in [1.29, 1.82) is 0 Å². The molecular weight excluding hydrogens is 176 g/mol. The molecule has 5 heteroatoms. The third kappa shape index (κ3) is 4.00. The van der Waals surface area contributed by atoms with Crippen LogP contribution in [0.4, 0.5) is 0 Å². The first-order chi connectivity index (χ1) is 6.02. The van der Waals surface area contributed by atoms with Crippen LogP contribution in [-0.2, 0) is 23.8 Å². The van der Waals surface area contributed by atoms with Crippen LogP contribution in [0.2, 0.25) is 0 Å². The van der Waals surface area contributed by atoms with Gasteiger partial charge in [-0.25, -0.2) is 9.59 Å². The fourth-order valence-electron chi connectivity index (χ4n) is 0.458. The largest absolute Gasteiger partial charge is 0.389 e. The van der Waals surface area contributed by atoms with E-state index in [1.54, 1.807) is 0 Å². The molecule has 0 fully saturated rings. The van der Waals surface area contributed by atoms with Gasteiger partial charge in [-0.2, -0.15) is 0 Å². The molecule has 0 aliphatic heterocycles. The topological polar surface area (TPSA) is 61.8 Å². The van der Waals surface area contributed by atoms with E-state index in [0.717, 1.165) is 0 Å². The molecule has 0 radical (unpaired) electrons. The van der Waals surface area contributed by atoms with E-state index in [0.29, 0.717) is 0 Å². The number of carbonyl (C=O) groups is 2. The average molecular weight is 190 g/mol. The van der Waals surface area contributed by atoms with Gasteiger partial charge in [-0.15, -0.1) is 0 Å². The number of esters is 2. The van der Waals surface area contributed by atoms with E-state index in [4.69, 9.17) is 0 Å². The lowest BCUT2D eigenvalue weighted by atomic mass is 10.4. The Hall–Kier alpha value is -0.940. The van der Waals surface area contributed by atoms with E-state index in [1.807, 2.05) is 0 Å². The van der Waals surface area contributed by atoms with E-state index in [9.17, 15) is 9.59 Å². The summed E-state index contributed by atoms with van der Waals surface area (Å²) in [5.41, 5.74) is 0. The molecule has 0 saturated carbocycles. The fraction of sp³-hybridized carbons (Fsp3) is 0.750. The van der Waals surface area contributed by atoms with E-state index < -0.39 is 24.1 Å². The Labute approximate surface area is 77.0 Å². The highest BCUT2D eigenvalue weighted by molar-refractivity contribution is 5.89. The zero-order valence-electron chi connectivity index (χ0n) is 8.20. The van der Waals surface area contributed by atoms with Gasteiger partial charge in [-0.3, -0.25) is 0 Å². The summed E-state index contributed by atoms with van der Waals surface area (Å²) in [4.78, 5) is 22.0. The Morgan fingerprint density at radius 1 is 0.923 bits per heavy atom. The fourth-order valence-corrected chi connectivity index (χ4v) is 0.458. The monoisotopic (exact) mass is 190 g/mol. The van der Waals surface area contributed by atoms with Crippen LogP contribution in [0.1, 0.15) is 13.8 Å². The van der Waals surface area contributed by atoms with Crippen molar-refractivity contribution >= 4 is 11.9 Å².